The van der Waals surface area contributed by atoms with Crippen molar-refractivity contribution in [2.45, 2.75) is 143 Å². The summed E-state index contributed by atoms with van der Waals surface area (Å²) in [5, 5.41) is 38.1. The number of benzene rings is 2. The molecule has 7 atom stereocenters. The SMILES string of the molecule is C.C.C=CC.CCOC(=O)C(F)C(C)=O.Cc1nccc(Cl)c1F.Cc1nccc(N2CC[C@H](O)[C@@H](N3CCC[C@@H](Nc4cc(Cl)cc(C(F)(F)F)c4)C3=O)C2)c1F.Fc1c(Cl)ccnc1Cl.I.O=C1[C@H](Nc2cc(Cl)cc(C(F)(F)F)c2)CCCN1[C@H]1CNCC[C@@H]1O.O=c1[nH]ccc(O)c1F. The van der Waals surface area contributed by atoms with E-state index >= 15 is 0 Å². The summed E-state index contributed by atoms with van der Waals surface area (Å²) in [7, 11) is 0. The number of pyridine rings is 4. The number of ether oxygens (including phenoxy) is 1. The van der Waals surface area contributed by atoms with Crippen molar-refractivity contribution in [2.75, 3.05) is 61.4 Å². The van der Waals surface area contributed by atoms with Crippen molar-refractivity contribution in [1.82, 2.24) is 35.1 Å². The summed E-state index contributed by atoms with van der Waals surface area (Å²) in [6.45, 7) is 13.8. The number of halogens is 17. The molecule has 6 aromatic rings. The predicted octanol–water partition coefficient (Wildman–Crippen LogP) is 15.2. The number of likely N-dealkylation sites (tertiary alicyclic amines) is 2. The molecule has 19 nitrogen and oxygen atoms in total. The first-order valence-electron chi connectivity index (χ1n) is 30.4. The number of nitrogens with one attached hydrogen (secondary N) is 4. The third-order valence-electron chi connectivity index (χ3n) is 14.8. The number of anilines is 3. The Morgan fingerprint density at radius 1 is 0.699 bits per heavy atom. The van der Waals surface area contributed by atoms with Crippen LogP contribution in [-0.4, -0.2) is 157 Å². The molecule has 0 radical (unpaired) electrons. The number of aromatic hydroxyl groups is 1. The summed E-state index contributed by atoms with van der Waals surface area (Å²) in [6.07, 6.45) is -2.19. The van der Waals surface area contributed by atoms with Crippen LogP contribution in [0.1, 0.15) is 96.7 Å². The van der Waals surface area contributed by atoms with E-state index in [2.05, 4.69) is 42.2 Å². The van der Waals surface area contributed by atoms with Crippen LogP contribution >= 0.6 is 82.0 Å². The number of hydrogen-bond donors (Lipinski definition) is 7. The van der Waals surface area contributed by atoms with E-state index in [0.29, 0.717) is 82.6 Å². The number of ketones is 1. The topological polar surface area (TPSA) is 256 Å². The van der Waals surface area contributed by atoms with Gasteiger partial charge in [-0.1, -0.05) is 78.9 Å². The number of aliphatic hydroxyl groups is 2. The fourth-order valence-corrected chi connectivity index (χ4v) is 10.9. The van der Waals surface area contributed by atoms with Crippen LogP contribution in [0.3, 0.4) is 0 Å². The third kappa shape index (κ3) is 29.2. The molecule has 4 fully saturated rings. The number of aromatic amines is 1. The number of rotatable bonds is 10. The summed E-state index contributed by atoms with van der Waals surface area (Å²) >= 11 is 27.6. The summed E-state index contributed by atoms with van der Waals surface area (Å²) in [4.78, 5) is 75.0. The van der Waals surface area contributed by atoms with E-state index in [-0.39, 0.29) is 112 Å². The van der Waals surface area contributed by atoms with Gasteiger partial charge in [0.2, 0.25) is 17.6 Å². The molecule has 7 N–H and O–H groups in total. The largest absolute Gasteiger partial charge is 0.505 e. The highest BCUT2D eigenvalue weighted by atomic mass is 127. The van der Waals surface area contributed by atoms with Gasteiger partial charge in [-0.25, -0.2) is 27.3 Å². The Morgan fingerprint density at radius 3 is 1.59 bits per heavy atom. The van der Waals surface area contributed by atoms with Crippen LogP contribution in [0, 0.1) is 37.1 Å². The van der Waals surface area contributed by atoms with E-state index in [4.69, 9.17) is 63.1 Å². The van der Waals surface area contributed by atoms with Gasteiger partial charge in [-0.3, -0.25) is 29.1 Å². The Balaban J connectivity index is 0.000000671. The molecule has 0 spiro atoms. The van der Waals surface area contributed by atoms with Crippen LogP contribution in [-0.2, 0) is 36.3 Å². The number of carbonyl (C=O) groups excluding carboxylic acids is 4. The molecular weight excluding hydrogens is 1600 g/mol. The van der Waals surface area contributed by atoms with Crippen LogP contribution in [0.25, 0.3) is 0 Å². The minimum Gasteiger partial charge on any atom is -0.505 e. The van der Waals surface area contributed by atoms with E-state index < -0.39 is 106 Å². The van der Waals surface area contributed by atoms with Crippen molar-refractivity contribution in [3.63, 3.8) is 0 Å². The highest BCUT2D eigenvalue weighted by Gasteiger charge is 2.42. The van der Waals surface area contributed by atoms with Gasteiger partial charge in [-0.15, -0.1) is 30.6 Å². The Labute approximate surface area is 630 Å². The molecule has 4 saturated heterocycles. The second kappa shape index (κ2) is 44.8. The number of esters is 1. The lowest BCUT2D eigenvalue weighted by Crippen LogP contribution is -2.61. The van der Waals surface area contributed by atoms with Crippen LogP contribution in [0.4, 0.5) is 65.4 Å². The molecular formula is C67H81Cl5F11IN10O9. The standard InChI is InChI=1S/C23H25ClF4N4O2.C17H21ClF3N3O2.C6H5ClFN.C6H9FO3.C5H2Cl2FN.C5H4FNO2.C3H6.2CH4.HI/c1-13-21(25)18(4-6-29-13)31-8-5-20(33)19(12-31)32-7-2-3-17(22(32)34)30-16-10-14(23(26,27)28)9-15(24)11-16;18-11-6-10(17(19,20)21)7-12(8-11)23-13-2-1-5-24(16(13)26)14-9-22-4-3-15(14)25;1-4-6(8)5(7)2-3-9-4;1-3-10-6(9)5(7)4(2)8;6-3-1-2-9-5(7)4(3)8;6-4-3(8)1-2-7-5(4)9;1-3-2;;;/h4,6,9-11,17,19-20,30,33H,2-3,5,7-8,12H2,1H3;6-8,13-15,22-23,25H,1-5,9H2;2-3H,1H3;5H,3H2,1-2H3;1-2H;1-2H,(H2,7,8,9);3H,1H2,2H3;2*1H4;1H/t17-,19+,20+;13-,14+,15+;;;;;;;;/m11......../s1. The molecule has 0 saturated carbocycles. The lowest BCUT2D eigenvalue weighted by atomic mass is 9.95. The molecule has 103 heavy (non-hydrogen) atoms. The van der Waals surface area contributed by atoms with Crippen molar-refractivity contribution in [2.24, 2.45) is 0 Å². The van der Waals surface area contributed by atoms with Crippen molar-refractivity contribution in [1.29, 1.82) is 0 Å². The molecule has 8 heterocycles. The summed E-state index contributed by atoms with van der Waals surface area (Å²) in [5.41, 5.74) is -1.46. The first-order chi connectivity index (χ1) is 46.9. The van der Waals surface area contributed by atoms with Crippen molar-refractivity contribution in [3.05, 3.63) is 179 Å². The number of aliphatic hydroxyl groups excluding tert-OH is 2. The summed E-state index contributed by atoms with van der Waals surface area (Å²) in [6, 6.07) is 9.36. The van der Waals surface area contributed by atoms with Gasteiger partial charge in [0.15, 0.2) is 34.1 Å². The minimum absolute atomic E-state index is 0. The van der Waals surface area contributed by atoms with Crippen LogP contribution < -0.4 is 26.4 Å². The molecule has 572 valence electrons. The zero-order valence-corrected chi connectivity index (χ0v) is 60.6. The maximum atomic E-state index is 14.6. The molecule has 10 rings (SSSR count). The predicted molar refractivity (Wildman–Crippen MR) is 386 cm³/mol. The molecule has 4 aromatic heterocycles. The Hall–Kier alpha value is -6.85. The number of aromatic nitrogens is 4. The Kier molecular flexibility index (Phi) is 41.0. The number of alkyl halides is 7. The third-order valence-corrected chi connectivity index (χ3v) is 16.1. The van der Waals surface area contributed by atoms with E-state index in [1.54, 1.807) is 47.6 Å². The van der Waals surface area contributed by atoms with E-state index in [1.807, 2.05) is 11.9 Å². The van der Waals surface area contributed by atoms with Crippen molar-refractivity contribution < 1.29 is 87.5 Å². The molecule has 2 aromatic carbocycles. The summed E-state index contributed by atoms with van der Waals surface area (Å²) < 4.78 is 147. The number of carbonyl (C=O) groups is 4. The fraction of sp³-hybridized carbons (Fsp3) is 0.433. The number of hydrogen-bond acceptors (Lipinski definition) is 16. The first-order valence-corrected chi connectivity index (χ1v) is 32.3. The second-order valence-corrected chi connectivity index (χ2v) is 24.2. The maximum Gasteiger partial charge on any atom is 0.416 e. The molecule has 1 unspecified atom stereocenters. The van der Waals surface area contributed by atoms with E-state index in [1.165, 1.54) is 49.1 Å². The highest BCUT2D eigenvalue weighted by Crippen LogP contribution is 2.37. The Bertz CT molecular complexity index is 3700. The lowest BCUT2D eigenvalue weighted by molar-refractivity contribution is -0.152. The molecule has 4 aliphatic rings. The number of aryl methyl sites for hydroxylation is 2. The number of piperidine rings is 4. The average molecular weight is 1680 g/mol. The van der Waals surface area contributed by atoms with Crippen LogP contribution in [0.2, 0.25) is 25.2 Å². The van der Waals surface area contributed by atoms with Gasteiger partial charge in [0.25, 0.3) is 11.7 Å². The molecule has 4 aliphatic heterocycles. The molecule has 36 heteroatoms. The van der Waals surface area contributed by atoms with Gasteiger partial charge in [-0.2, -0.15) is 30.7 Å². The van der Waals surface area contributed by atoms with Crippen LogP contribution in [0.5, 0.6) is 5.75 Å². The second-order valence-electron chi connectivity index (χ2n) is 22.1. The first kappa shape index (κ1) is 94.2. The van der Waals surface area contributed by atoms with Gasteiger partial charge in [-0.05, 0) is 140 Å². The van der Waals surface area contributed by atoms with Gasteiger partial charge in [0, 0.05) is 78.9 Å². The van der Waals surface area contributed by atoms with E-state index in [9.17, 15) is 82.5 Å². The molecule has 0 bridgehead atoms. The lowest BCUT2D eigenvalue weighted by Gasteiger charge is -2.45. The quantitative estimate of drug-likeness (QED) is 0.0168. The van der Waals surface area contributed by atoms with E-state index in [0.717, 1.165) is 37.3 Å². The van der Waals surface area contributed by atoms with Crippen molar-refractivity contribution in [3.8, 4) is 5.75 Å². The molecule has 2 amide bonds. The van der Waals surface area contributed by atoms with Crippen molar-refractivity contribution >= 4 is 123 Å². The normalized spacial score (nSPS) is 18.7. The Morgan fingerprint density at radius 2 is 1.17 bits per heavy atom. The highest BCUT2D eigenvalue weighted by molar-refractivity contribution is 14.0. The molecule has 0 aliphatic carbocycles. The zero-order chi connectivity index (χ0) is 74.9. The summed E-state index contributed by atoms with van der Waals surface area (Å²) in [5.74, 6) is -5.76. The average Bonchev–Trinajstić information content (AvgIpc) is 0.804. The fourth-order valence-electron chi connectivity index (χ4n) is 9.91. The monoisotopic (exact) mass is 1680 g/mol. The van der Waals surface area contributed by atoms with Gasteiger partial charge < -0.3 is 55.7 Å². The number of allylic oxidation sites excluding steroid dienone is 1. The number of Topliss-reactive ketones (excluding diaryl/α,β-unsaturated/α-hetero) is 1. The maximum absolute atomic E-state index is 14.6. The minimum atomic E-state index is -4.57. The van der Waals surface area contributed by atoms with Crippen LogP contribution in [0.15, 0.2) is 103 Å². The number of H-pyrrole nitrogens is 1. The number of amides is 2. The number of nitrogens with zero attached hydrogens (tertiary/aromatic N) is 6. The zero-order valence-electron chi connectivity index (χ0n) is 54.5. The smallest absolute Gasteiger partial charge is 0.416 e. The van der Waals surface area contributed by atoms with Gasteiger partial charge >= 0.3 is 18.3 Å². The van der Waals surface area contributed by atoms with Gasteiger partial charge in [0.05, 0.1) is 69.1 Å². The van der Waals surface area contributed by atoms with Gasteiger partial charge in [0.1, 0.15) is 12.1 Å².